The van der Waals surface area contributed by atoms with Gasteiger partial charge in [-0.2, -0.15) is 0 Å². The molecule has 1 heterocycles. The van der Waals surface area contributed by atoms with Gasteiger partial charge >= 0.3 is 5.97 Å². The van der Waals surface area contributed by atoms with Crippen molar-refractivity contribution in [3.05, 3.63) is 33.8 Å². The van der Waals surface area contributed by atoms with Crippen molar-refractivity contribution in [3.8, 4) is 0 Å². The van der Waals surface area contributed by atoms with E-state index in [1.807, 2.05) is 6.92 Å². The highest BCUT2D eigenvalue weighted by Gasteiger charge is 2.31. The molecule has 6 nitrogen and oxygen atoms in total. The first-order chi connectivity index (χ1) is 10.9. The molecular weight excluding hydrogens is 341 g/mol. The average molecular weight is 360 g/mol. The zero-order valence-electron chi connectivity index (χ0n) is 12.6. The van der Waals surface area contributed by atoms with Gasteiger partial charge in [-0.1, -0.05) is 30.1 Å². The number of hydrazine groups is 1. The highest BCUT2D eigenvalue weighted by Crippen LogP contribution is 2.20. The molecule has 3 atom stereocenters. The molecule has 126 valence electrons. The number of nitrogens with one attached hydrogen (secondary N) is 3. The van der Waals surface area contributed by atoms with Gasteiger partial charge in [0.05, 0.1) is 0 Å². The summed E-state index contributed by atoms with van der Waals surface area (Å²) in [5, 5.41) is 12.8. The van der Waals surface area contributed by atoms with Crippen LogP contribution >= 0.6 is 23.2 Å². The molecule has 1 aliphatic heterocycles. The van der Waals surface area contributed by atoms with Crippen molar-refractivity contribution in [2.24, 2.45) is 0 Å². The fourth-order valence-electron chi connectivity index (χ4n) is 2.50. The van der Waals surface area contributed by atoms with Crippen molar-refractivity contribution in [3.63, 3.8) is 0 Å². The van der Waals surface area contributed by atoms with Crippen LogP contribution in [0.15, 0.2) is 18.2 Å². The molecule has 0 bridgehead atoms. The average Bonchev–Trinajstić information content (AvgIpc) is 2.94. The zero-order valence-corrected chi connectivity index (χ0v) is 14.1. The molecule has 0 saturated carbocycles. The van der Waals surface area contributed by atoms with Crippen molar-refractivity contribution in [2.75, 3.05) is 0 Å². The number of hydrogen-bond donors (Lipinski definition) is 4. The first-order valence-electron chi connectivity index (χ1n) is 7.38. The minimum absolute atomic E-state index is 0.110. The van der Waals surface area contributed by atoms with Gasteiger partial charge < -0.3 is 10.4 Å². The molecule has 23 heavy (non-hydrogen) atoms. The summed E-state index contributed by atoms with van der Waals surface area (Å²) in [5.41, 5.74) is 6.55. The molecule has 1 aromatic rings. The summed E-state index contributed by atoms with van der Waals surface area (Å²) in [6, 6.07) is 3.57. The molecule has 1 amide bonds. The van der Waals surface area contributed by atoms with Gasteiger partial charge in [0.2, 0.25) is 5.91 Å². The Morgan fingerprint density at radius 3 is 2.48 bits per heavy atom. The largest absolute Gasteiger partial charge is 0.480 e. The molecule has 1 aromatic carbocycles. The van der Waals surface area contributed by atoms with Gasteiger partial charge in [0.25, 0.3) is 0 Å². The number of carbonyl (C=O) groups is 2. The number of halogens is 2. The molecule has 8 heteroatoms. The monoisotopic (exact) mass is 359 g/mol. The van der Waals surface area contributed by atoms with Crippen LogP contribution < -0.4 is 16.2 Å². The first-order valence-corrected chi connectivity index (χ1v) is 8.13. The predicted octanol–water partition coefficient (Wildman–Crippen LogP) is 1.75. The van der Waals surface area contributed by atoms with E-state index >= 15 is 0 Å². The lowest BCUT2D eigenvalue weighted by Gasteiger charge is -2.17. The lowest BCUT2D eigenvalue weighted by Crippen LogP contribution is -2.50. The summed E-state index contributed by atoms with van der Waals surface area (Å²) in [6.45, 7) is 2.02. The number of amides is 1. The third-order valence-electron chi connectivity index (χ3n) is 3.77. The quantitative estimate of drug-likeness (QED) is 0.621. The van der Waals surface area contributed by atoms with Gasteiger partial charge in [-0.25, -0.2) is 10.2 Å². The van der Waals surface area contributed by atoms with Crippen molar-refractivity contribution in [1.29, 1.82) is 0 Å². The van der Waals surface area contributed by atoms with Crippen LogP contribution in [-0.4, -0.2) is 35.1 Å². The minimum Gasteiger partial charge on any atom is -0.480 e. The topological polar surface area (TPSA) is 90.5 Å². The molecule has 3 unspecified atom stereocenters. The van der Waals surface area contributed by atoms with Crippen molar-refractivity contribution >= 4 is 35.1 Å². The Labute approximate surface area is 144 Å². The van der Waals surface area contributed by atoms with Crippen LogP contribution in [0.25, 0.3) is 0 Å². The Balaban J connectivity index is 2.01. The van der Waals surface area contributed by atoms with E-state index in [-0.39, 0.29) is 18.4 Å². The Morgan fingerprint density at radius 1 is 1.30 bits per heavy atom. The zero-order chi connectivity index (χ0) is 17.0. The van der Waals surface area contributed by atoms with Crippen molar-refractivity contribution < 1.29 is 14.7 Å². The van der Waals surface area contributed by atoms with Crippen LogP contribution in [0.1, 0.15) is 25.3 Å². The number of aliphatic carboxylic acids is 1. The second-order valence-electron chi connectivity index (χ2n) is 5.56. The van der Waals surface area contributed by atoms with Gasteiger partial charge in [-0.3, -0.25) is 10.2 Å². The number of hydrogen-bond acceptors (Lipinski definition) is 4. The smallest absolute Gasteiger partial charge is 0.326 e. The summed E-state index contributed by atoms with van der Waals surface area (Å²) >= 11 is 11.8. The fraction of sp³-hybridized carbons (Fsp3) is 0.467. The van der Waals surface area contributed by atoms with Gasteiger partial charge in [-0.15, -0.1) is 0 Å². The van der Waals surface area contributed by atoms with Crippen LogP contribution in [0.3, 0.4) is 0 Å². The molecule has 4 N–H and O–H groups in total. The predicted molar refractivity (Wildman–Crippen MR) is 88.5 cm³/mol. The highest BCUT2D eigenvalue weighted by atomic mass is 35.5. The summed E-state index contributed by atoms with van der Waals surface area (Å²) in [4.78, 5) is 23.6. The Morgan fingerprint density at radius 2 is 1.96 bits per heavy atom. The van der Waals surface area contributed by atoms with Crippen LogP contribution in [0.5, 0.6) is 0 Å². The standard InChI is InChI=1S/C15H19Cl2N3O3/c1-2-11-7-12(20-19-11)14(21)18-13(15(22)23)5-8-3-9(16)6-10(17)4-8/h3-4,6,11-13,19-20H,2,5,7H2,1H3,(H,18,21)(H,22,23). The molecule has 0 radical (unpaired) electrons. The van der Waals surface area contributed by atoms with E-state index in [0.29, 0.717) is 22.0 Å². The normalized spacial score (nSPS) is 21.9. The molecule has 0 aromatic heterocycles. The summed E-state index contributed by atoms with van der Waals surface area (Å²) in [6.07, 6.45) is 1.62. The van der Waals surface area contributed by atoms with E-state index in [0.717, 1.165) is 6.42 Å². The molecule has 2 rings (SSSR count). The SMILES string of the molecule is CCC1CC(C(=O)NC(Cc2cc(Cl)cc(Cl)c2)C(=O)O)NN1. The molecule has 1 fully saturated rings. The van der Waals surface area contributed by atoms with E-state index in [9.17, 15) is 14.7 Å². The molecule has 0 aliphatic carbocycles. The van der Waals surface area contributed by atoms with Gasteiger partial charge in [-0.05, 0) is 36.6 Å². The Hall–Kier alpha value is -1.34. The van der Waals surface area contributed by atoms with E-state index in [4.69, 9.17) is 23.2 Å². The van der Waals surface area contributed by atoms with Crippen molar-refractivity contribution in [2.45, 2.75) is 44.3 Å². The second kappa shape index (κ2) is 7.97. The van der Waals surface area contributed by atoms with Gasteiger partial charge in [0.15, 0.2) is 0 Å². The van der Waals surface area contributed by atoms with Crippen molar-refractivity contribution in [1.82, 2.24) is 16.2 Å². The Kier molecular flexibility index (Phi) is 6.24. The fourth-order valence-corrected chi connectivity index (χ4v) is 3.07. The second-order valence-corrected chi connectivity index (χ2v) is 6.44. The van der Waals surface area contributed by atoms with E-state index < -0.39 is 18.1 Å². The Bertz CT molecular complexity index is 577. The number of carboxylic acid groups (broad SMARTS) is 1. The third kappa shape index (κ3) is 5.07. The number of rotatable bonds is 6. The number of carboxylic acids is 1. The molecule has 1 aliphatic rings. The summed E-state index contributed by atoms with van der Waals surface area (Å²) in [5.74, 6) is -1.44. The van der Waals surface area contributed by atoms with Crippen LogP contribution in [0.4, 0.5) is 0 Å². The van der Waals surface area contributed by atoms with Crippen LogP contribution in [0.2, 0.25) is 10.0 Å². The van der Waals surface area contributed by atoms with Gasteiger partial charge in [0, 0.05) is 22.5 Å². The van der Waals surface area contributed by atoms with E-state index in [1.165, 1.54) is 0 Å². The summed E-state index contributed by atoms with van der Waals surface area (Å²) < 4.78 is 0. The minimum atomic E-state index is -1.10. The van der Waals surface area contributed by atoms with E-state index in [1.54, 1.807) is 18.2 Å². The first kappa shape index (κ1) is 18.0. The highest BCUT2D eigenvalue weighted by molar-refractivity contribution is 6.34. The maximum atomic E-state index is 12.2. The summed E-state index contributed by atoms with van der Waals surface area (Å²) in [7, 11) is 0. The third-order valence-corrected chi connectivity index (χ3v) is 4.20. The lowest BCUT2D eigenvalue weighted by atomic mass is 10.0. The maximum Gasteiger partial charge on any atom is 0.326 e. The van der Waals surface area contributed by atoms with E-state index in [2.05, 4.69) is 16.2 Å². The van der Waals surface area contributed by atoms with Crippen LogP contribution in [-0.2, 0) is 16.0 Å². The number of benzene rings is 1. The van der Waals surface area contributed by atoms with Gasteiger partial charge in [0.1, 0.15) is 12.1 Å². The van der Waals surface area contributed by atoms with Crippen LogP contribution in [0, 0.1) is 0 Å². The lowest BCUT2D eigenvalue weighted by molar-refractivity contribution is -0.142. The maximum absolute atomic E-state index is 12.2. The number of carbonyl (C=O) groups excluding carboxylic acids is 1. The molecule has 1 saturated heterocycles. The molecule has 0 spiro atoms. The molecular formula is C15H19Cl2N3O3.